The monoisotopic (exact) mass is 487 g/mol. The molecule has 0 saturated carbocycles. The van der Waals surface area contributed by atoms with Gasteiger partial charge >= 0.3 is 0 Å². The van der Waals surface area contributed by atoms with Crippen molar-refractivity contribution in [2.75, 3.05) is 49.5 Å². The van der Waals surface area contributed by atoms with Gasteiger partial charge in [0, 0.05) is 31.6 Å². The Hall–Kier alpha value is -2.95. The highest BCUT2D eigenvalue weighted by Crippen LogP contribution is 2.27. The fraction of sp³-hybridized carbons (Fsp3) is 0.417. The number of carbonyl (C=O) groups is 2. The number of morpholine rings is 1. The lowest BCUT2D eigenvalue weighted by Gasteiger charge is -2.35. The first-order valence-corrected chi connectivity index (χ1v) is 13.0. The number of rotatable bonds is 8. The van der Waals surface area contributed by atoms with E-state index in [4.69, 9.17) is 9.47 Å². The fourth-order valence-corrected chi connectivity index (χ4v) is 5.68. The van der Waals surface area contributed by atoms with Crippen LogP contribution in [-0.4, -0.2) is 70.3 Å². The Labute approximate surface area is 199 Å². The molecule has 2 fully saturated rings. The Bertz CT molecular complexity index is 1130. The number of amides is 2. The van der Waals surface area contributed by atoms with Crippen molar-refractivity contribution in [2.45, 2.75) is 19.4 Å². The number of nitrogens with zero attached hydrogens (tertiary/aromatic N) is 2. The zero-order valence-corrected chi connectivity index (χ0v) is 19.9. The molecule has 2 aliphatic heterocycles. The smallest absolute Gasteiger partial charge is 0.251 e. The van der Waals surface area contributed by atoms with Gasteiger partial charge in [0.2, 0.25) is 15.9 Å². The maximum atomic E-state index is 13.0. The van der Waals surface area contributed by atoms with E-state index in [0.29, 0.717) is 31.9 Å². The fourth-order valence-electron chi connectivity index (χ4n) is 4.23. The van der Waals surface area contributed by atoms with Gasteiger partial charge < -0.3 is 14.8 Å². The lowest BCUT2D eigenvalue weighted by atomic mass is 10.0. The van der Waals surface area contributed by atoms with Crippen LogP contribution in [0.4, 0.5) is 5.69 Å². The number of hydrogen-bond donors (Lipinski definition) is 1. The molecular weight excluding hydrogens is 458 g/mol. The van der Waals surface area contributed by atoms with E-state index in [9.17, 15) is 18.0 Å². The van der Waals surface area contributed by atoms with Gasteiger partial charge in [-0.05, 0) is 42.8 Å². The van der Waals surface area contributed by atoms with Gasteiger partial charge in [0.05, 0.1) is 37.3 Å². The van der Waals surface area contributed by atoms with Crippen LogP contribution in [0.5, 0.6) is 5.75 Å². The lowest BCUT2D eigenvalue weighted by molar-refractivity contribution is -0.116. The Kier molecular flexibility index (Phi) is 7.50. The first kappa shape index (κ1) is 24.2. The summed E-state index contributed by atoms with van der Waals surface area (Å²) < 4.78 is 36.3. The zero-order chi connectivity index (χ0) is 24.1. The van der Waals surface area contributed by atoms with E-state index in [2.05, 4.69) is 10.2 Å². The van der Waals surface area contributed by atoms with E-state index < -0.39 is 15.9 Å². The van der Waals surface area contributed by atoms with Crippen LogP contribution in [0.2, 0.25) is 0 Å². The predicted octanol–water partition coefficient (Wildman–Crippen LogP) is 1.96. The van der Waals surface area contributed by atoms with Crippen LogP contribution >= 0.6 is 0 Å². The normalized spacial score (nSPS) is 19.1. The minimum Gasteiger partial charge on any atom is -0.494 e. The van der Waals surface area contributed by atoms with E-state index in [-0.39, 0.29) is 29.8 Å². The van der Waals surface area contributed by atoms with Gasteiger partial charge in [-0.3, -0.25) is 14.5 Å². The third kappa shape index (κ3) is 5.40. The molecule has 2 aliphatic rings. The molecule has 1 N–H and O–H groups in total. The molecule has 4 rings (SSSR count). The first-order chi connectivity index (χ1) is 16.4. The van der Waals surface area contributed by atoms with Crippen LogP contribution in [0.25, 0.3) is 0 Å². The quantitative estimate of drug-likeness (QED) is 0.607. The van der Waals surface area contributed by atoms with Gasteiger partial charge in [-0.25, -0.2) is 12.7 Å². The summed E-state index contributed by atoms with van der Waals surface area (Å²) in [5.74, 6) is -0.249. The summed E-state index contributed by atoms with van der Waals surface area (Å²) in [6.07, 6.45) is -0.0535. The summed E-state index contributed by atoms with van der Waals surface area (Å²) in [5.41, 5.74) is 1.53. The lowest BCUT2D eigenvalue weighted by Crippen LogP contribution is -2.43. The van der Waals surface area contributed by atoms with E-state index in [1.807, 2.05) is 31.2 Å². The number of benzene rings is 2. The number of hydrogen-bond acceptors (Lipinski definition) is 7. The molecule has 0 aromatic heterocycles. The first-order valence-electron chi connectivity index (χ1n) is 11.4. The Morgan fingerprint density at radius 3 is 2.53 bits per heavy atom. The Balaban J connectivity index is 1.50. The van der Waals surface area contributed by atoms with Gasteiger partial charge in [0.15, 0.2) is 0 Å². The summed E-state index contributed by atoms with van der Waals surface area (Å²) in [6.45, 7) is 5.63. The Morgan fingerprint density at radius 1 is 1.15 bits per heavy atom. The molecule has 2 aromatic rings. The highest BCUT2D eigenvalue weighted by atomic mass is 32.2. The number of nitrogens with one attached hydrogen (secondary N) is 1. The summed E-state index contributed by atoms with van der Waals surface area (Å²) in [7, 11) is -3.69. The SMILES string of the molecule is CCOc1ccc([C@H](CNC(=O)c2cccc(N3C(=O)CCS3(=O)=O)c2)N2CCOCC2)cc1. The molecule has 0 spiro atoms. The topological polar surface area (TPSA) is 105 Å². The summed E-state index contributed by atoms with van der Waals surface area (Å²) in [4.78, 5) is 27.4. The van der Waals surface area contributed by atoms with Crippen LogP contribution in [-0.2, 0) is 19.6 Å². The highest BCUT2D eigenvalue weighted by molar-refractivity contribution is 7.94. The molecule has 2 heterocycles. The third-order valence-corrected chi connectivity index (χ3v) is 7.63. The van der Waals surface area contributed by atoms with Crippen LogP contribution in [0.15, 0.2) is 48.5 Å². The summed E-state index contributed by atoms with van der Waals surface area (Å²) >= 11 is 0. The number of anilines is 1. The standard InChI is InChI=1S/C24H29N3O6S/c1-2-33-21-8-6-18(7-9-21)22(26-11-13-32-14-12-26)17-25-24(29)19-4-3-5-20(16-19)27-23(28)10-15-34(27,30)31/h3-9,16,22H,2,10-15,17H2,1H3,(H,25,29)/t22-/m0/s1. The van der Waals surface area contributed by atoms with Crippen molar-refractivity contribution in [3.8, 4) is 5.75 Å². The second-order valence-electron chi connectivity index (χ2n) is 8.15. The molecular formula is C24H29N3O6S. The van der Waals surface area contributed by atoms with Gasteiger partial charge in [0.1, 0.15) is 5.75 Å². The molecule has 0 radical (unpaired) electrons. The molecule has 2 aromatic carbocycles. The molecule has 0 aliphatic carbocycles. The maximum Gasteiger partial charge on any atom is 0.251 e. The summed E-state index contributed by atoms with van der Waals surface area (Å²) in [6, 6.07) is 13.9. The third-order valence-electron chi connectivity index (χ3n) is 5.94. The zero-order valence-electron chi connectivity index (χ0n) is 19.1. The maximum absolute atomic E-state index is 13.0. The van der Waals surface area contributed by atoms with Gasteiger partial charge in [-0.15, -0.1) is 0 Å². The van der Waals surface area contributed by atoms with Crippen LogP contribution < -0.4 is 14.4 Å². The summed E-state index contributed by atoms with van der Waals surface area (Å²) in [5, 5.41) is 2.98. The van der Waals surface area contributed by atoms with Crippen molar-refractivity contribution < 1.29 is 27.5 Å². The molecule has 34 heavy (non-hydrogen) atoms. The molecule has 9 nitrogen and oxygen atoms in total. The second kappa shape index (κ2) is 10.5. The number of ether oxygens (including phenoxy) is 2. The van der Waals surface area contributed by atoms with Crippen molar-refractivity contribution in [1.29, 1.82) is 0 Å². The van der Waals surface area contributed by atoms with E-state index in [0.717, 1.165) is 28.7 Å². The van der Waals surface area contributed by atoms with Crippen LogP contribution in [0, 0.1) is 0 Å². The highest BCUT2D eigenvalue weighted by Gasteiger charge is 2.36. The molecule has 2 amide bonds. The van der Waals surface area contributed by atoms with Crippen LogP contribution in [0.3, 0.4) is 0 Å². The largest absolute Gasteiger partial charge is 0.494 e. The van der Waals surface area contributed by atoms with Crippen molar-refractivity contribution in [2.24, 2.45) is 0 Å². The second-order valence-corrected chi connectivity index (χ2v) is 10.1. The van der Waals surface area contributed by atoms with Gasteiger partial charge in [-0.2, -0.15) is 0 Å². The molecule has 10 heteroatoms. The van der Waals surface area contributed by atoms with Crippen molar-refractivity contribution in [3.63, 3.8) is 0 Å². The average molecular weight is 488 g/mol. The molecule has 2 saturated heterocycles. The minimum absolute atomic E-state index is 0.0535. The van der Waals surface area contributed by atoms with Gasteiger partial charge in [0.25, 0.3) is 5.91 Å². The van der Waals surface area contributed by atoms with Crippen molar-refractivity contribution in [1.82, 2.24) is 10.2 Å². The predicted molar refractivity (Wildman–Crippen MR) is 127 cm³/mol. The number of carbonyl (C=O) groups excluding carboxylic acids is 2. The van der Waals surface area contributed by atoms with Crippen molar-refractivity contribution >= 4 is 27.5 Å². The van der Waals surface area contributed by atoms with Crippen molar-refractivity contribution in [3.05, 3.63) is 59.7 Å². The molecule has 182 valence electrons. The van der Waals surface area contributed by atoms with Crippen LogP contribution in [0.1, 0.15) is 35.3 Å². The van der Waals surface area contributed by atoms with E-state index >= 15 is 0 Å². The van der Waals surface area contributed by atoms with E-state index in [1.54, 1.807) is 12.1 Å². The Morgan fingerprint density at radius 2 is 1.88 bits per heavy atom. The number of sulfonamides is 1. The van der Waals surface area contributed by atoms with Gasteiger partial charge in [-0.1, -0.05) is 18.2 Å². The molecule has 0 bridgehead atoms. The minimum atomic E-state index is -3.69. The molecule has 0 unspecified atom stereocenters. The molecule has 1 atom stereocenters. The average Bonchev–Trinajstić information content (AvgIpc) is 3.13. The van der Waals surface area contributed by atoms with E-state index in [1.165, 1.54) is 12.1 Å².